The molecule has 1 saturated carbocycles. The molecule has 0 aliphatic heterocycles. The summed E-state index contributed by atoms with van der Waals surface area (Å²) in [5.74, 6) is 0.635. The molecule has 4 unspecified atom stereocenters. The molecule has 1 aromatic carbocycles. The van der Waals surface area contributed by atoms with Gasteiger partial charge in [0.1, 0.15) is 0 Å². The van der Waals surface area contributed by atoms with Gasteiger partial charge in [-0.25, -0.2) is 8.78 Å². The van der Waals surface area contributed by atoms with Gasteiger partial charge in [-0.05, 0) is 61.8 Å². The predicted molar refractivity (Wildman–Crippen MR) is 71.6 cm³/mol. The van der Waals surface area contributed by atoms with Crippen LogP contribution < -0.4 is 5.32 Å². The van der Waals surface area contributed by atoms with E-state index in [1.165, 1.54) is 25.0 Å². The van der Waals surface area contributed by atoms with Crippen LogP contribution in [0.5, 0.6) is 0 Å². The monoisotopic (exact) mass is 263 g/mol. The predicted octanol–water partition coefficient (Wildman–Crippen LogP) is 3.83. The van der Waals surface area contributed by atoms with Crippen molar-refractivity contribution in [3.8, 4) is 0 Å². The van der Waals surface area contributed by atoms with Crippen molar-refractivity contribution in [1.82, 2.24) is 5.32 Å². The molecule has 1 nitrogen and oxygen atoms in total. The molecule has 3 rings (SSSR count). The highest BCUT2D eigenvalue weighted by Crippen LogP contribution is 2.43. The van der Waals surface area contributed by atoms with Crippen molar-refractivity contribution in [3.05, 3.63) is 47.5 Å². The van der Waals surface area contributed by atoms with Crippen molar-refractivity contribution >= 4 is 0 Å². The third-order valence-electron chi connectivity index (χ3n) is 4.55. The molecule has 102 valence electrons. The zero-order chi connectivity index (χ0) is 13.4. The second kappa shape index (κ2) is 5.04. The minimum Gasteiger partial charge on any atom is -0.310 e. The lowest BCUT2D eigenvalue weighted by Gasteiger charge is -2.22. The Bertz CT molecular complexity index is 498. The molecule has 3 heteroatoms. The lowest BCUT2D eigenvalue weighted by molar-refractivity contribution is 0.392. The van der Waals surface area contributed by atoms with Gasteiger partial charge >= 0.3 is 0 Å². The van der Waals surface area contributed by atoms with E-state index in [1.54, 1.807) is 6.07 Å². The summed E-state index contributed by atoms with van der Waals surface area (Å²) in [6, 6.07) is 4.19. The van der Waals surface area contributed by atoms with E-state index in [0.717, 1.165) is 23.9 Å². The number of rotatable bonds is 4. The van der Waals surface area contributed by atoms with Crippen LogP contribution in [-0.2, 0) is 0 Å². The minimum absolute atomic E-state index is 0.0539. The number of nitrogens with one attached hydrogen (secondary N) is 1. The first-order valence-electron chi connectivity index (χ1n) is 7.00. The van der Waals surface area contributed by atoms with Gasteiger partial charge in [0, 0.05) is 6.04 Å². The molecular weight excluding hydrogens is 244 g/mol. The smallest absolute Gasteiger partial charge is 0.159 e. The van der Waals surface area contributed by atoms with Crippen LogP contribution in [0.2, 0.25) is 0 Å². The van der Waals surface area contributed by atoms with Gasteiger partial charge in [0.2, 0.25) is 0 Å². The van der Waals surface area contributed by atoms with Crippen molar-refractivity contribution in [2.24, 2.45) is 17.8 Å². The van der Waals surface area contributed by atoms with Crippen LogP contribution >= 0.6 is 0 Å². The van der Waals surface area contributed by atoms with Gasteiger partial charge in [0.05, 0.1) is 0 Å². The summed E-state index contributed by atoms with van der Waals surface area (Å²) in [6.07, 6.45) is 7.23. The second-order valence-corrected chi connectivity index (χ2v) is 5.84. The molecule has 0 spiro atoms. The van der Waals surface area contributed by atoms with Crippen LogP contribution in [-0.4, -0.2) is 6.54 Å². The highest BCUT2D eigenvalue weighted by molar-refractivity contribution is 5.21. The molecule has 2 aliphatic rings. The average Bonchev–Trinajstić information content (AvgIpc) is 3.01. The maximum atomic E-state index is 13.2. The number of allylic oxidation sites excluding steroid dienone is 2. The Hall–Kier alpha value is -1.22. The Morgan fingerprint density at radius 1 is 1.21 bits per heavy atom. The Labute approximate surface area is 112 Å². The van der Waals surface area contributed by atoms with Crippen molar-refractivity contribution < 1.29 is 8.78 Å². The zero-order valence-corrected chi connectivity index (χ0v) is 11.1. The van der Waals surface area contributed by atoms with Crippen LogP contribution in [0, 0.1) is 29.4 Å². The molecular formula is C16H19F2N. The Kier molecular flexibility index (Phi) is 3.40. The van der Waals surface area contributed by atoms with E-state index in [2.05, 4.69) is 17.5 Å². The lowest BCUT2D eigenvalue weighted by atomic mass is 9.93. The SMILES string of the molecule is CC(NCC1CC2C=CC1C2)c1ccc(F)c(F)c1. The highest BCUT2D eigenvalue weighted by atomic mass is 19.2. The molecule has 4 atom stereocenters. The maximum Gasteiger partial charge on any atom is 0.159 e. The van der Waals surface area contributed by atoms with Crippen LogP contribution in [0.1, 0.15) is 31.4 Å². The van der Waals surface area contributed by atoms with Crippen molar-refractivity contribution in [1.29, 1.82) is 0 Å². The maximum absolute atomic E-state index is 13.2. The highest BCUT2D eigenvalue weighted by Gasteiger charge is 2.35. The van der Waals surface area contributed by atoms with E-state index in [9.17, 15) is 8.78 Å². The van der Waals surface area contributed by atoms with Crippen molar-refractivity contribution in [2.45, 2.75) is 25.8 Å². The first-order valence-corrected chi connectivity index (χ1v) is 7.00. The molecule has 2 bridgehead atoms. The van der Waals surface area contributed by atoms with E-state index in [1.807, 2.05) is 6.92 Å². The van der Waals surface area contributed by atoms with Crippen LogP contribution in [0.3, 0.4) is 0 Å². The first kappa shape index (κ1) is 12.8. The summed E-state index contributed by atoms with van der Waals surface area (Å²) in [5, 5.41) is 3.45. The Morgan fingerprint density at radius 3 is 2.68 bits per heavy atom. The van der Waals surface area contributed by atoms with Crippen molar-refractivity contribution in [2.75, 3.05) is 6.54 Å². The molecule has 2 aliphatic carbocycles. The lowest BCUT2D eigenvalue weighted by Crippen LogP contribution is -2.27. The van der Waals surface area contributed by atoms with E-state index in [0.29, 0.717) is 5.92 Å². The van der Waals surface area contributed by atoms with Crippen LogP contribution in [0.15, 0.2) is 30.4 Å². The third kappa shape index (κ3) is 2.57. The fourth-order valence-electron chi connectivity index (χ4n) is 3.36. The molecule has 1 fully saturated rings. The largest absolute Gasteiger partial charge is 0.310 e. The van der Waals surface area contributed by atoms with Gasteiger partial charge in [-0.2, -0.15) is 0 Å². The Morgan fingerprint density at radius 2 is 2.05 bits per heavy atom. The molecule has 0 radical (unpaired) electrons. The Balaban J connectivity index is 1.57. The van der Waals surface area contributed by atoms with Gasteiger partial charge in [-0.15, -0.1) is 0 Å². The van der Waals surface area contributed by atoms with Gasteiger partial charge in [0.15, 0.2) is 11.6 Å². The van der Waals surface area contributed by atoms with Crippen LogP contribution in [0.25, 0.3) is 0 Å². The van der Waals surface area contributed by atoms with E-state index in [4.69, 9.17) is 0 Å². The zero-order valence-electron chi connectivity index (χ0n) is 11.1. The quantitative estimate of drug-likeness (QED) is 0.814. The molecule has 0 heterocycles. The van der Waals surface area contributed by atoms with Crippen LogP contribution in [0.4, 0.5) is 8.78 Å². The number of hydrogen-bond donors (Lipinski definition) is 1. The molecule has 0 aromatic heterocycles. The van der Waals surface area contributed by atoms with E-state index in [-0.39, 0.29) is 6.04 Å². The normalized spacial score (nSPS) is 29.9. The number of halogens is 2. The summed E-state index contributed by atoms with van der Waals surface area (Å²) in [5.41, 5.74) is 0.803. The third-order valence-corrected chi connectivity index (χ3v) is 4.55. The van der Waals surface area contributed by atoms with Gasteiger partial charge in [-0.3, -0.25) is 0 Å². The summed E-state index contributed by atoms with van der Waals surface area (Å²) < 4.78 is 26.1. The minimum atomic E-state index is -0.783. The summed E-state index contributed by atoms with van der Waals surface area (Å²) in [7, 11) is 0. The van der Waals surface area contributed by atoms with Gasteiger partial charge in [0.25, 0.3) is 0 Å². The molecule has 0 saturated heterocycles. The fraction of sp³-hybridized carbons (Fsp3) is 0.500. The molecule has 1 aromatic rings. The average molecular weight is 263 g/mol. The number of hydrogen-bond acceptors (Lipinski definition) is 1. The number of benzene rings is 1. The van der Waals surface area contributed by atoms with E-state index >= 15 is 0 Å². The standard InChI is InChI=1S/C16H19F2N/c1-10(12-4-5-15(17)16(18)8-12)19-9-14-7-11-2-3-13(14)6-11/h2-5,8,10-11,13-14,19H,6-7,9H2,1H3. The summed E-state index contributed by atoms with van der Waals surface area (Å²) in [4.78, 5) is 0. The van der Waals surface area contributed by atoms with Gasteiger partial charge in [-0.1, -0.05) is 18.2 Å². The molecule has 1 N–H and O–H groups in total. The first-order chi connectivity index (χ1) is 9.13. The number of fused-ring (bicyclic) bond motifs is 2. The summed E-state index contributed by atoms with van der Waals surface area (Å²) >= 11 is 0. The topological polar surface area (TPSA) is 12.0 Å². The molecule has 0 amide bonds. The summed E-state index contributed by atoms with van der Waals surface area (Å²) in [6.45, 7) is 2.95. The second-order valence-electron chi connectivity index (χ2n) is 5.84. The van der Waals surface area contributed by atoms with E-state index < -0.39 is 11.6 Å². The fourth-order valence-corrected chi connectivity index (χ4v) is 3.36. The van der Waals surface area contributed by atoms with Crippen molar-refractivity contribution in [3.63, 3.8) is 0 Å². The van der Waals surface area contributed by atoms with Gasteiger partial charge < -0.3 is 5.32 Å². The molecule has 19 heavy (non-hydrogen) atoms.